The van der Waals surface area contributed by atoms with E-state index in [1.807, 2.05) is 0 Å². The molecule has 3 rings (SSSR count). The Hall–Kier alpha value is -1.91. The maximum absolute atomic E-state index is 11.4. The minimum Gasteiger partial charge on any atom is -0.363 e. The Morgan fingerprint density at radius 3 is 2.76 bits per heavy atom. The number of nitrogens with zero attached hydrogens (tertiary/aromatic N) is 2. The second kappa shape index (κ2) is 5.47. The molecule has 1 aliphatic carbocycles. The van der Waals surface area contributed by atoms with E-state index in [1.165, 1.54) is 32.3 Å². The summed E-state index contributed by atoms with van der Waals surface area (Å²) in [4.78, 5) is 24.7. The lowest BCUT2D eigenvalue weighted by Crippen LogP contribution is -2.35. The van der Waals surface area contributed by atoms with Crippen LogP contribution in [0.2, 0.25) is 0 Å². The number of nitro groups is 1. The van der Waals surface area contributed by atoms with Gasteiger partial charge in [-0.3, -0.25) is 14.9 Å². The fourth-order valence-electron chi connectivity index (χ4n) is 3.84. The number of Topliss-reactive ketones (excluding diaryl/α,β-unsaturated/α-hetero) is 1. The van der Waals surface area contributed by atoms with Gasteiger partial charge in [-0.1, -0.05) is 12.8 Å². The third kappa shape index (κ3) is 2.52. The molecule has 1 saturated heterocycles. The zero-order valence-electron chi connectivity index (χ0n) is 12.2. The highest BCUT2D eigenvalue weighted by Gasteiger charge is 2.38. The first-order valence-corrected chi connectivity index (χ1v) is 7.64. The summed E-state index contributed by atoms with van der Waals surface area (Å²) in [6, 6.07) is 5.32. The fraction of sp³-hybridized carbons (Fsp3) is 0.562. The van der Waals surface area contributed by atoms with Crippen LogP contribution in [-0.4, -0.2) is 23.3 Å². The van der Waals surface area contributed by atoms with E-state index in [2.05, 4.69) is 4.90 Å². The molecule has 1 aliphatic heterocycles. The molecule has 0 N–H and O–H groups in total. The van der Waals surface area contributed by atoms with Crippen molar-refractivity contribution in [2.75, 3.05) is 11.4 Å². The molecule has 0 aromatic heterocycles. The predicted molar refractivity (Wildman–Crippen MR) is 80.8 cm³/mol. The van der Waals surface area contributed by atoms with Crippen LogP contribution < -0.4 is 4.90 Å². The Morgan fingerprint density at radius 2 is 2.05 bits per heavy atom. The van der Waals surface area contributed by atoms with Crippen molar-refractivity contribution in [2.24, 2.45) is 5.92 Å². The van der Waals surface area contributed by atoms with E-state index >= 15 is 0 Å². The molecular weight excluding hydrogens is 268 g/mol. The standard InChI is InChI=1S/C16H20N2O3/c1-11(19)13-6-7-15(16(10-13)18(20)21)17-9-8-12-4-2-3-5-14(12)17/h6-7,10,12,14H,2-5,8-9H2,1H3. The number of nitro benzene ring substituents is 1. The van der Waals surface area contributed by atoms with Gasteiger partial charge in [-0.15, -0.1) is 0 Å². The van der Waals surface area contributed by atoms with Gasteiger partial charge in [0.05, 0.1) is 4.92 Å². The lowest BCUT2D eigenvalue weighted by Gasteiger charge is -2.32. The van der Waals surface area contributed by atoms with Crippen molar-refractivity contribution in [3.8, 4) is 0 Å². The highest BCUT2D eigenvalue weighted by atomic mass is 16.6. The molecule has 2 atom stereocenters. The van der Waals surface area contributed by atoms with E-state index in [0.717, 1.165) is 19.4 Å². The molecule has 1 heterocycles. The number of carbonyl (C=O) groups is 1. The van der Waals surface area contributed by atoms with Crippen molar-refractivity contribution in [2.45, 2.75) is 45.1 Å². The third-order valence-corrected chi connectivity index (χ3v) is 4.90. The number of fused-ring (bicyclic) bond motifs is 1. The minimum atomic E-state index is -0.363. The molecule has 2 aliphatic rings. The van der Waals surface area contributed by atoms with Crippen LogP contribution in [0.1, 0.15) is 49.4 Å². The van der Waals surface area contributed by atoms with Crippen molar-refractivity contribution in [3.05, 3.63) is 33.9 Å². The molecule has 21 heavy (non-hydrogen) atoms. The first-order chi connectivity index (χ1) is 10.1. The largest absolute Gasteiger partial charge is 0.363 e. The molecule has 112 valence electrons. The van der Waals surface area contributed by atoms with Crippen LogP contribution in [0.5, 0.6) is 0 Å². The Kier molecular flexibility index (Phi) is 3.66. The first kappa shape index (κ1) is 14.0. The third-order valence-electron chi connectivity index (χ3n) is 4.90. The maximum Gasteiger partial charge on any atom is 0.293 e. The van der Waals surface area contributed by atoms with Crippen LogP contribution in [0.25, 0.3) is 0 Å². The molecular formula is C16H20N2O3. The van der Waals surface area contributed by atoms with Gasteiger partial charge in [0.15, 0.2) is 5.78 Å². The molecule has 2 fully saturated rings. The van der Waals surface area contributed by atoms with Crippen LogP contribution in [0.4, 0.5) is 11.4 Å². The van der Waals surface area contributed by atoms with E-state index < -0.39 is 0 Å². The summed E-state index contributed by atoms with van der Waals surface area (Å²) < 4.78 is 0. The number of anilines is 1. The van der Waals surface area contributed by atoms with Gasteiger partial charge >= 0.3 is 0 Å². The molecule has 0 spiro atoms. The van der Waals surface area contributed by atoms with Crippen LogP contribution in [0, 0.1) is 16.0 Å². The molecule has 1 aromatic carbocycles. The fourth-order valence-corrected chi connectivity index (χ4v) is 3.84. The number of hydrogen-bond donors (Lipinski definition) is 0. The van der Waals surface area contributed by atoms with Gasteiger partial charge in [-0.2, -0.15) is 0 Å². The Morgan fingerprint density at radius 1 is 1.29 bits per heavy atom. The van der Waals surface area contributed by atoms with Crippen LogP contribution in [0.3, 0.4) is 0 Å². The zero-order chi connectivity index (χ0) is 15.0. The second-order valence-corrected chi connectivity index (χ2v) is 6.11. The van der Waals surface area contributed by atoms with Crippen molar-refractivity contribution in [1.82, 2.24) is 0 Å². The Labute approximate surface area is 124 Å². The molecule has 5 heteroatoms. The van der Waals surface area contributed by atoms with Crippen molar-refractivity contribution in [3.63, 3.8) is 0 Å². The average Bonchev–Trinajstić information content (AvgIpc) is 2.90. The number of hydrogen-bond acceptors (Lipinski definition) is 4. The zero-order valence-corrected chi connectivity index (χ0v) is 12.2. The highest BCUT2D eigenvalue weighted by molar-refractivity contribution is 5.95. The van der Waals surface area contributed by atoms with E-state index in [-0.39, 0.29) is 16.4 Å². The number of rotatable bonds is 3. The van der Waals surface area contributed by atoms with Crippen LogP contribution in [-0.2, 0) is 0 Å². The summed E-state index contributed by atoms with van der Waals surface area (Å²) in [7, 11) is 0. The van der Waals surface area contributed by atoms with E-state index in [9.17, 15) is 14.9 Å². The summed E-state index contributed by atoms with van der Waals surface area (Å²) in [5.74, 6) is 0.535. The summed E-state index contributed by atoms with van der Waals surface area (Å²) in [6.45, 7) is 2.32. The maximum atomic E-state index is 11.4. The van der Waals surface area contributed by atoms with Crippen molar-refractivity contribution < 1.29 is 9.72 Å². The molecule has 1 saturated carbocycles. The summed E-state index contributed by atoms with van der Waals surface area (Å²) in [5, 5.41) is 11.4. The first-order valence-electron chi connectivity index (χ1n) is 7.64. The number of carbonyl (C=O) groups excluding carboxylic acids is 1. The molecule has 5 nitrogen and oxygen atoms in total. The Bertz CT molecular complexity index is 585. The van der Waals surface area contributed by atoms with Gasteiger partial charge in [0, 0.05) is 24.2 Å². The molecule has 2 unspecified atom stereocenters. The van der Waals surface area contributed by atoms with Gasteiger partial charge in [-0.05, 0) is 44.2 Å². The Balaban J connectivity index is 1.98. The summed E-state index contributed by atoms with van der Waals surface area (Å²) in [5.41, 5.74) is 1.15. The smallest absolute Gasteiger partial charge is 0.293 e. The average molecular weight is 288 g/mol. The summed E-state index contributed by atoms with van der Waals surface area (Å²) >= 11 is 0. The van der Waals surface area contributed by atoms with Gasteiger partial charge < -0.3 is 4.90 Å². The van der Waals surface area contributed by atoms with Gasteiger partial charge in [0.25, 0.3) is 5.69 Å². The predicted octanol–water partition coefficient (Wildman–Crippen LogP) is 3.57. The normalized spacial score (nSPS) is 24.7. The van der Waals surface area contributed by atoms with Crippen LogP contribution in [0.15, 0.2) is 18.2 Å². The summed E-state index contributed by atoms with van der Waals surface area (Å²) in [6.07, 6.45) is 5.96. The lowest BCUT2D eigenvalue weighted by atomic mass is 9.85. The van der Waals surface area contributed by atoms with Crippen LogP contribution >= 0.6 is 0 Å². The molecule has 1 aromatic rings. The lowest BCUT2D eigenvalue weighted by molar-refractivity contribution is -0.384. The van der Waals surface area contributed by atoms with Crippen molar-refractivity contribution >= 4 is 17.2 Å². The van der Waals surface area contributed by atoms with Gasteiger partial charge in [-0.25, -0.2) is 0 Å². The quantitative estimate of drug-likeness (QED) is 0.484. The van der Waals surface area contributed by atoms with Crippen molar-refractivity contribution in [1.29, 1.82) is 0 Å². The number of ketones is 1. The van der Waals surface area contributed by atoms with E-state index in [0.29, 0.717) is 23.2 Å². The van der Waals surface area contributed by atoms with Gasteiger partial charge in [0.1, 0.15) is 5.69 Å². The molecule has 0 radical (unpaired) electrons. The second-order valence-electron chi connectivity index (χ2n) is 6.11. The van der Waals surface area contributed by atoms with E-state index in [4.69, 9.17) is 0 Å². The molecule has 0 amide bonds. The minimum absolute atomic E-state index is 0.0638. The number of benzene rings is 1. The topological polar surface area (TPSA) is 63.5 Å². The van der Waals surface area contributed by atoms with Gasteiger partial charge in [0.2, 0.25) is 0 Å². The highest BCUT2D eigenvalue weighted by Crippen LogP contribution is 2.41. The SMILES string of the molecule is CC(=O)c1ccc(N2CCC3CCCCC32)c([N+](=O)[O-])c1. The molecule has 0 bridgehead atoms. The van der Waals surface area contributed by atoms with E-state index in [1.54, 1.807) is 12.1 Å². The monoisotopic (exact) mass is 288 g/mol.